The number of hydrogen-bond donors (Lipinski definition) is 1. The van der Waals surface area contributed by atoms with Gasteiger partial charge in [0.1, 0.15) is 11.9 Å². The van der Waals surface area contributed by atoms with Crippen molar-refractivity contribution in [3.63, 3.8) is 0 Å². The fourth-order valence-electron chi connectivity index (χ4n) is 1.98. The fraction of sp³-hybridized carbons (Fsp3) is 0.500. The molecule has 2 rings (SSSR count). The van der Waals surface area contributed by atoms with Crippen LogP contribution in [-0.2, 0) is 0 Å². The predicted molar refractivity (Wildman–Crippen MR) is 73.1 cm³/mol. The molecule has 0 fully saturated rings. The van der Waals surface area contributed by atoms with E-state index in [-0.39, 0.29) is 12.1 Å². The van der Waals surface area contributed by atoms with Gasteiger partial charge in [0.15, 0.2) is 0 Å². The third-order valence-corrected chi connectivity index (χ3v) is 3.96. The molecule has 16 heavy (non-hydrogen) atoms. The molecule has 1 unspecified atom stereocenters. The van der Waals surface area contributed by atoms with Crippen molar-refractivity contribution in [1.82, 2.24) is 0 Å². The highest BCUT2D eigenvalue weighted by atomic mass is 79.9. The lowest BCUT2D eigenvalue weighted by atomic mass is 9.96. The van der Waals surface area contributed by atoms with E-state index in [2.05, 4.69) is 28.3 Å². The Morgan fingerprint density at radius 1 is 1.56 bits per heavy atom. The molecule has 0 aromatic heterocycles. The van der Waals surface area contributed by atoms with E-state index in [9.17, 15) is 0 Å². The van der Waals surface area contributed by atoms with Crippen LogP contribution in [0.15, 0.2) is 22.7 Å². The van der Waals surface area contributed by atoms with Crippen LogP contribution >= 0.6 is 27.7 Å². The molecule has 1 aromatic rings. The van der Waals surface area contributed by atoms with Gasteiger partial charge in [0.05, 0.1) is 0 Å². The summed E-state index contributed by atoms with van der Waals surface area (Å²) in [5, 5.41) is 0. The molecule has 0 saturated carbocycles. The minimum atomic E-state index is 0.105. The summed E-state index contributed by atoms with van der Waals surface area (Å²) >= 11 is 5.31. The minimum absolute atomic E-state index is 0.105. The number of rotatable bonds is 3. The van der Waals surface area contributed by atoms with Gasteiger partial charge in [0.25, 0.3) is 0 Å². The number of thioether (sulfide) groups is 1. The van der Waals surface area contributed by atoms with Crippen LogP contribution in [-0.4, -0.2) is 18.1 Å². The van der Waals surface area contributed by atoms with Gasteiger partial charge in [0, 0.05) is 22.5 Å². The maximum atomic E-state index is 6.17. The highest BCUT2D eigenvalue weighted by Gasteiger charge is 2.25. The SMILES string of the molecule is CSCCC1C[C@@H](N)c2cc(Br)ccc2O1. The van der Waals surface area contributed by atoms with Crippen LogP contribution in [0.1, 0.15) is 24.4 Å². The Kier molecular flexibility index (Phi) is 4.16. The summed E-state index contributed by atoms with van der Waals surface area (Å²) in [4.78, 5) is 0. The molecule has 2 N–H and O–H groups in total. The molecule has 1 aliphatic heterocycles. The van der Waals surface area contributed by atoms with Crippen LogP contribution in [0.25, 0.3) is 0 Å². The van der Waals surface area contributed by atoms with Crippen molar-refractivity contribution in [2.24, 2.45) is 5.73 Å². The molecule has 0 spiro atoms. The zero-order valence-electron chi connectivity index (χ0n) is 9.28. The van der Waals surface area contributed by atoms with Crippen molar-refractivity contribution in [3.8, 4) is 5.75 Å². The van der Waals surface area contributed by atoms with Crippen molar-refractivity contribution in [1.29, 1.82) is 0 Å². The van der Waals surface area contributed by atoms with E-state index < -0.39 is 0 Å². The van der Waals surface area contributed by atoms with Gasteiger partial charge in [-0.1, -0.05) is 15.9 Å². The monoisotopic (exact) mass is 301 g/mol. The molecule has 4 heteroatoms. The second-order valence-electron chi connectivity index (χ2n) is 4.05. The summed E-state index contributed by atoms with van der Waals surface area (Å²) < 4.78 is 7.01. The lowest BCUT2D eigenvalue weighted by molar-refractivity contribution is 0.156. The predicted octanol–water partition coefficient (Wildman–Crippen LogP) is 3.35. The van der Waals surface area contributed by atoms with Crippen molar-refractivity contribution < 1.29 is 4.74 Å². The van der Waals surface area contributed by atoms with E-state index in [1.54, 1.807) is 0 Å². The van der Waals surface area contributed by atoms with E-state index in [0.29, 0.717) is 0 Å². The molecule has 1 aliphatic rings. The first-order valence-corrected chi connectivity index (χ1v) is 7.60. The Labute approximate surface area is 109 Å². The summed E-state index contributed by atoms with van der Waals surface area (Å²) in [6.45, 7) is 0. The lowest BCUT2D eigenvalue weighted by Crippen LogP contribution is -2.29. The Balaban J connectivity index is 2.13. The van der Waals surface area contributed by atoms with Crippen LogP contribution in [0.3, 0.4) is 0 Å². The molecule has 2 nitrogen and oxygen atoms in total. The van der Waals surface area contributed by atoms with E-state index in [1.807, 2.05) is 23.9 Å². The normalized spacial score (nSPS) is 23.7. The maximum Gasteiger partial charge on any atom is 0.124 e. The first-order chi connectivity index (χ1) is 7.70. The topological polar surface area (TPSA) is 35.2 Å². The molecule has 0 radical (unpaired) electrons. The molecule has 2 atom stereocenters. The zero-order chi connectivity index (χ0) is 11.5. The van der Waals surface area contributed by atoms with Crippen molar-refractivity contribution >= 4 is 27.7 Å². The molecular formula is C12H16BrNOS. The average molecular weight is 302 g/mol. The largest absolute Gasteiger partial charge is 0.490 e. The number of hydrogen-bond acceptors (Lipinski definition) is 3. The minimum Gasteiger partial charge on any atom is -0.490 e. The third-order valence-electron chi connectivity index (χ3n) is 2.83. The Hall–Kier alpha value is -0.190. The summed E-state index contributed by atoms with van der Waals surface area (Å²) in [6.07, 6.45) is 4.39. The third kappa shape index (κ3) is 2.73. The molecular weight excluding hydrogens is 286 g/mol. The van der Waals surface area contributed by atoms with Gasteiger partial charge in [-0.3, -0.25) is 0 Å². The molecule has 0 saturated heterocycles. The first kappa shape index (κ1) is 12.3. The lowest BCUT2D eigenvalue weighted by Gasteiger charge is -2.30. The van der Waals surface area contributed by atoms with Gasteiger partial charge in [-0.15, -0.1) is 0 Å². The molecule has 0 aliphatic carbocycles. The molecule has 1 aromatic carbocycles. The number of nitrogens with two attached hydrogens (primary N) is 1. The Bertz CT molecular complexity index is 372. The van der Waals surface area contributed by atoms with Gasteiger partial charge in [0.2, 0.25) is 0 Å². The van der Waals surface area contributed by atoms with E-state index in [4.69, 9.17) is 10.5 Å². The summed E-state index contributed by atoms with van der Waals surface area (Å²) in [5.41, 5.74) is 7.29. The first-order valence-electron chi connectivity index (χ1n) is 5.41. The van der Waals surface area contributed by atoms with Gasteiger partial charge >= 0.3 is 0 Å². The van der Waals surface area contributed by atoms with Crippen LogP contribution < -0.4 is 10.5 Å². The number of halogens is 1. The molecule has 0 bridgehead atoms. The van der Waals surface area contributed by atoms with Crippen molar-refractivity contribution in [2.45, 2.75) is 25.0 Å². The highest BCUT2D eigenvalue weighted by Crippen LogP contribution is 2.36. The second-order valence-corrected chi connectivity index (χ2v) is 5.95. The van der Waals surface area contributed by atoms with Gasteiger partial charge in [-0.05, 0) is 36.6 Å². The quantitative estimate of drug-likeness (QED) is 0.930. The van der Waals surface area contributed by atoms with Crippen LogP contribution in [0.2, 0.25) is 0 Å². The van der Waals surface area contributed by atoms with E-state index in [1.165, 1.54) is 0 Å². The number of benzene rings is 1. The van der Waals surface area contributed by atoms with E-state index in [0.717, 1.165) is 34.4 Å². The Morgan fingerprint density at radius 2 is 2.38 bits per heavy atom. The van der Waals surface area contributed by atoms with Crippen LogP contribution in [0, 0.1) is 0 Å². The standard InChI is InChI=1S/C12H16BrNOS/c1-16-5-4-9-7-11(14)10-6-8(13)2-3-12(10)15-9/h2-3,6,9,11H,4-5,7,14H2,1H3/t9?,11-/m1/s1. The van der Waals surface area contributed by atoms with Crippen LogP contribution in [0.4, 0.5) is 0 Å². The zero-order valence-corrected chi connectivity index (χ0v) is 11.7. The fourth-order valence-corrected chi connectivity index (χ4v) is 2.86. The number of fused-ring (bicyclic) bond motifs is 1. The molecule has 88 valence electrons. The average Bonchev–Trinajstić information content (AvgIpc) is 2.27. The van der Waals surface area contributed by atoms with Gasteiger partial charge < -0.3 is 10.5 Å². The van der Waals surface area contributed by atoms with Crippen molar-refractivity contribution in [2.75, 3.05) is 12.0 Å². The van der Waals surface area contributed by atoms with Crippen LogP contribution in [0.5, 0.6) is 5.75 Å². The summed E-state index contributed by atoms with van der Waals surface area (Å²) in [7, 11) is 0. The molecule has 1 heterocycles. The van der Waals surface area contributed by atoms with E-state index >= 15 is 0 Å². The smallest absolute Gasteiger partial charge is 0.124 e. The van der Waals surface area contributed by atoms with Crippen molar-refractivity contribution in [3.05, 3.63) is 28.2 Å². The second kappa shape index (κ2) is 5.43. The highest BCUT2D eigenvalue weighted by molar-refractivity contribution is 9.10. The van der Waals surface area contributed by atoms with Gasteiger partial charge in [-0.25, -0.2) is 0 Å². The summed E-state index contributed by atoms with van der Waals surface area (Å²) in [5.74, 6) is 2.08. The summed E-state index contributed by atoms with van der Waals surface area (Å²) in [6, 6.07) is 6.17. The Morgan fingerprint density at radius 3 is 3.12 bits per heavy atom. The molecule has 0 amide bonds. The van der Waals surface area contributed by atoms with Gasteiger partial charge in [-0.2, -0.15) is 11.8 Å². The maximum absolute atomic E-state index is 6.17. The number of ether oxygens (including phenoxy) is 1.